The lowest BCUT2D eigenvalue weighted by molar-refractivity contribution is -0.129. The Kier molecular flexibility index (Phi) is 1.31. The quantitative estimate of drug-likeness (QED) is 0.537. The lowest BCUT2D eigenvalue weighted by Crippen LogP contribution is -2.46. The summed E-state index contributed by atoms with van der Waals surface area (Å²) in [4.78, 5) is 11.2. The van der Waals surface area contributed by atoms with Crippen LogP contribution in [0.5, 0.6) is 0 Å². The predicted octanol–water partition coefficient (Wildman–Crippen LogP) is 0.703. The zero-order valence-corrected chi connectivity index (χ0v) is 6.05. The smallest absolute Gasteiger partial charge is 0.137 e. The molecule has 3 fully saturated rings. The minimum absolute atomic E-state index is 0.194. The maximum atomic E-state index is 11.2. The summed E-state index contributed by atoms with van der Waals surface area (Å²) in [6, 6.07) is 0.194. The van der Waals surface area contributed by atoms with E-state index in [0.717, 1.165) is 19.3 Å². The minimum Gasteiger partial charge on any atom is -0.327 e. The predicted molar refractivity (Wildman–Crippen MR) is 38.4 cm³/mol. The minimum atomic E-state index is 0.194. The third-order valence-electron chi connectivity index (χ3n) is 2.91. The SMILES string of the molecule is N[C@@H]1C[C@H]2CC[C@@H]1C(=O)C2. The number of hydrogen-bond donors (Lipinski definition) is 1. The molecule has 10 heavy (non-hydrogen) atoms. The Morgan fingerprint density at radius 1 is 1.40 bits per heavy atom. The van der Waals surface area contributed by atoms with Crippen LogP contribution in [0, 0.1) is 11.8 Å². The molecule has 0 radical (unpaired) electrons. The molecule has 0 heterocycles. The number of Topliss-reactive ketones (excluding diaryl/α,β-unsaturated/α-hetero) is 1. The second-order valence-corrected chi connectivity index (χ2v) is 3.62. The maximum absolute atomic E-state index is 11.2. The fourth-order valence-corrected chi connectivity index (χ4v) is 2.32. The highest BCUT2D eigenvalue weighted by Gasteiger charge is 2.39. The lowest BCUT2D eigenvalue weighted by Gasteiger charge is -2.39. The summed E-state index contributed by atoms with van der Waals surface area (Å²) >= 11 is 0. The molecule has 0 aromatic carbocycles. The molecule has 0 saturated heterocycles. The average molecular weight is 139 g/mol. The van der Waals surface area contributed by atoms with E-state index in [0.29, 0.717) is 11.7 Å². The number of rotatable bonds is 0. The monoisotopic (exact) mass is 139 g/mol. The molecule has 3 saturated carbocycles. The van der Waals surface area contributed by atoms with Crippen LogP contribution in [-0.4, -0.2) is 11.8 Å². The number of ketones is 1. The number of nitrogens with two attached hydrogens (primary N) is 1. The average Bonchev–Trinajstić information content (AvgIpc) is 1.86. The van der Waals surface area contributed by atoms with Crippen molar-refractivity contribution in [2.75, 3.05) is 0 Å². The van der Waals surface area contributed by atoms with Gasteiger partial charge in [-0.15, -0.1) is 0 Å². The fraction of sp³-hybridized carbons (Fsp3) is 0.875. The van der Waals surface area contributed by atoms with E-state index < -0.39 is 0 Å². The molecule has 0 unspecified atom stereocenters. The Balaban J connectivity index is 2.18. The van der Waals surface area contributed by atoms with Gasteiger partial charge in [-0.3, -0.25) is 4.79 Å². The van der Waals surface area contributed by atoms with Crippen molar-refractivity contribution in [3.63, 3.8) is 0 Å². The van der Waals surface area contributed by atoms with E-state index in [4.69, 9.17) is 5.73 Å². The maximum Gasteiger partial charge on any atom is 0.137 e. The van der Waals surface area contributed by atoms with Crippen molar-refractivity contribution in [1.29, 1.82) is 0 Å². The van der Waals surface area contributed by atoms with Gasteiger partial charge >= 0.3 is 0 Å². The van der Waals surface area contributed by atoms with Crippen LogP contribution >= 0.6 is 0 Å². The van der Waals surface area contributed by atoms with Gasteiger partial charge in [-0.25, -0.2) is 0 Å². The summed E-state index contributed by atoms with van der Waals surface area (Å²) in [5.74, 6) is 1.28. The molecule has 0 aromatic heterocycles. The molecule has 2 N–H and O–H groups in total. The highest BCUT2D eigenvalue weighted by molar-refractivity contribution is 5.83. The van der Waals surface area contributed by atoms with E-state index in [1.165, 1.54) is 6.42 Å². The van der Waals surface area contributed by atoms with E-state index in [1.807, 2.05) is 0 Å². The molecule has 2 bridgehead atoms. The van der Waals surface area contributed by atoms with Crippen LogP contribution in [-0.2, 0) is 4.79 Å². The van der Waals surface area contributed by atoms with Crippen LogP contribution < -0.4 is 5.73 Å². The van der Waals surface area contributed by atoms with E-state index in [2.05, 4.69) is 0 Å². The molecule has 0 aromatic rings. The topological polar surface area (TPSA) is 43.1 Å². The van der Waals surface area contributed by atoms with Crippen molar-refractivity contribution < 1.29 is 4.79 Å². The van der Waals surface area contributed by atoms with Gasteiger partial charge in [0.15, 0.2) is 0 Å². The van der Waals surface area contributed by atoms with Crippen molar-refractivity contribution in [1.82, 2.24) is 0 Å². The largest absolute Gasteiger partial charge is 0.327 e. The summed E-state index contributed by atoms with van der Waals surface area (Å²) in [5, 5.41) is 0. The van der Waals surface area contributed by atoms with Crippen LogP contribution in [0.25, 0.3) is 0 Å². The van der Waals surface area contributed by atoms with Crippen molar-refractivity contribution in [2.45, 2.75) is 31.7 Å². The summed E-state index contributed by atoms with van der Waals surface area (Å²) < 4.78 is 0. The molecule has 0 amide bonds. The molecule has 3 atom stereocenters. The van der Waals surface area contributed by atoms with Crippen LogP contribution in [0.4, 0.5) is 0 Å². The summed E-state index contributed by atoms with van der Waals surface area (Å²) in [6.45, 7) is 0. The molecule has 0 spiro atoms. The first-order valence-electron chi connectivity index (χ1n) is 4.05. The van der Waals surface area contributed by atoms with Crippen LogP contribution in [0.15, 0.2) is 0 Å². The lowest BCUT2D eigenvalue weighted by atomic mass is 9.67. The molecule has 3 aliphatic carbocycles. The summed E-state index contributed by atoms with van der Waals surface area (Å²) in [7, 11) is 0. The van der Waals surface area contributed by atoms with Gasteiger partial charge in [-0.2, -0.15) is 0 Å². The first-order chi connectivity index (χ1) is 4.77. The van der Waals surface area contributed by atoms with E-state index in [1.54, 1.807) is 0 Å². The van der Waals surface area contributed by atoms with E-state index in [9.17, 15) is 4.79 Å². The first kappa shape index (κ1) is 6.35. The first-order valence-corrected chi connectivity index (χ1v) is 4.05. The number of carbonyl (C=O) groups excluding carboxylic acids is 1. The van der Waals surface area contributed by atoms with Gasteiger partial charge in [0.1, 0.15) is 5.78 Å². The zero-order valence-electron chi connectivity index (χ0n) is 6.05. The van der Waals surface area contributed by atoms with E-state index in [-0.39, 0.29) is 12.0 Å². The van der Waals surface area contributed by atoms with Crippen LogP contribution in [0.1, 0.15) is 25.7 Å². The molecular weight excluding hydrogens is 126 g/mol. The van der Waals surface area contributed by atoms with Crippen molar-refractivity contribution in [3.8, 4) is 0 Å². The van der Waals surface area contributed by atoms with Crippen molar-refractivity contribution in [3.05, 3.63) is 0 Å². The molecule has 2 nitrogen and oxygen atoms in total. The number of hydrogen-bond acceptors (Lipinski definition) is 2. The van der Waals surface area contributed by atoms with Gasteiger partial charge < -0.3 is 5.73 Å². The Labute approximate surface area is 60.8 Å². The Hall–Kier alpha value is -0.370. The normalized spacial score (nSPS) is 46.1. The molecule has 0 aliphatic heterocycles. The molecule has 56 valence electrons. The number of fused-ring (bicyclic) bond motifs is 3. The Bertz CT molecular complexity index is 167. The van der Waals surface area contributed by atoms with E-state index >= 15 is 0 Å². The second kappa shape index (κ2) is 2.06. The van der Waals surface area contributed by atoms with Crippen molar-refractivity contribution >= 4 is 5.78 Å². The Morgan fingerprint density at radius 3 is 2.60 bits per heavy atom. The highest BCUT2D eigenvalue weighted by atomic mass is 16.1. The van der Waals surface area contributed by atoms with Gasteiger partial charge in [0.2, 0.25) is 0 Å². The van der Waals surface area contributed by atoms with Gasteiger partial charge in [-0.1, -0.05) is 0 Å². The second-order valence-electron chi connectivity index (χ2n) is 3.62. The molecule has 3 aliphatic rings. The highest BCUT2D eigenvalue weighted by Crippen LogP contribution is 2.37. The standard InChI is InChI=1S/C8H13NO/c9-7-3-5-1-2-6(7)8(10)4-5/h5-7H,1-4,9H2/t5-,6+,7-/m1/s1. The van der Waals surface area contributed by atoms with Crippen LogP contribution in [0.2, 0.25) is 0 Å². The summed E-state index contributed by atoms with van der Waals surface area (Å²) in [5.41, 5.74) is 5.79. The van der Waals surface area contributed by atoms with Gasteiger partial charge in [0.25, 0.3) is 0 Å². The van der Waals surface area contributed by atoms with Crippen LogP contribution in [0.3, 0.4) is 0 Å². The third kappa shape index (κ3) is 0.788. The zero-order chi connectivity index (χ0) is 7.14. The molecule has 2 heteroatoms. The molecule has 3 rings (SSSR count). The molecular formula is C8H13NO. The van der Waals surface area contributed by atoms with Gasteiger partial charge in [0.05, 0.1) is 0 Å². The van der Waals surface area contributed by atoms with Crippen molar-refractivity contribution in [2.24, 2.45) is 17.6 Å². The van der Waals surface area contributed by atoms with Gasteiger partial charge in [-0.05, 0) is 25.2 Å². The third-order valence-corrected chi connectivity index (χ3v) is 2.91. The summed E-state index contributed by atoms with van der Waals surface area (Å²) in [6.07, 6.45) is 4.21. The Morgan fingerprint density at radius 2 is 2.20 bits per heavy atom. The number of carbonyl (C=O) groups is 1. The fourth-order valence-electron chi connectivity index (χ4n) is 2.32. The van der Waals surface area contributed by atoms with Gasteiger partial charge in [0, 0.05) is 18.4 Å².